The van der Waals surface area contributed by atoms with Crippen LogP contribution in [-0.2, 0) is 11.3 Å². The minimum Gasteiger partial charge on any atom is -0.484 e. The zero-order chi connectivity index (χ0) is 19.3. The van der Waals surface area contributed by atoms with Gasteiger partial charge < -0.3 is 15.0 Å². The van der Waals surface area contributed by atoms with Gasteiger partial charge in [0, 0.05) is 30.6 Å². The maximum absolute atomic E-state index is 12.0. The Morgan fingerprint density at radius 1 is 1.25 bits per heavy atom. The molecule has 2 aromatic heterocycles. The molecule has 0 saturated carbocycles. The lowest BCUT2D eigenvalue weighted by Crippen LogP contribution is -2.31. The molecule has 0 unspecified atom stereocenters. The van der Waals surface area contributed by atoms with Crippen molar-refractivity contribution in [2.45, 2.75) is 18.9 Å². The van der Waals surface area contributed by atoms with Crippen molar-refractivity contribution in [3.63, 3.8) is 0 Å². The highest BCUT2D eigenvalue weighted by molar-refractivity contribution is 5.79. The second-order valence-electron chi connectivity index (χ2n) is 7.18. The van der Waals surface area contributed by atoms with Crippen LogP contribution in [0.5, 0.6) is 5.75 Å². The Morgan fingerprint density at radius 2 is 2.11 bits per heavy atom. The molecule has 28 heavy (non-hydrogen) atoms. The summed E-state index contributed by atoms with van der Waals surface area (Å²) in [5, 5.41) is 8.84. The average Bonchev–Trinajstić information content (AvgIpc) is 3.31. The number of likely N-dealkylation sites (tertiary alicyclic amines) is 1. The lowest BCUT2D eigenvalue weighted by Gasteiger charge is -2.08. The van der Waals surface area contributed by atoms with Crippen molar-refractivity contribution in [2.24, 2.45) is 0 Å². The third-order valence-electron chi connectivity index (χ3n) is 5.07. The molecule has 7 nitrogen and oxygen atoms in total. The molecule has 4 rings (SSSR count). The van der Waals surface area contributed by atoms with Gasteiger partial charge in [0.25, 0.3) is 5.91 Å². The summed E-state index contributed by atoms with van der Waals surface area (Å²) in [5.74, 6) is 0.976. The number of rotatable bonds is 7. The minimum absolute atomic E-state index is 0.00176. The van der Waals surface area contributed by atoms with E-state index in [1.165, 1.54) is 0 Å². The van der Waals surface area contributed by atoms with E-state index in [4.69, 9.17) is 9.84 Å². The van der Waals surface area contributed by atoms with E-state index in [9.17, 15) is 4.79 Å². The van der Waals surface area contributed by atoms with E-state index in [0.717, 1.165) is 36.2 Å². The molecule has 1 amide bonds. The number of pyridine rings is 1. The first-order chi connectivity index (χ1) is 13.7. The van der Waals surface area contributed by atoms with Crippen molar-refractivity contribution in [1.29, 1.82) is 0 Å². The molecule has 1 aliphatic heterocycles. The van der Waals surface area contributed by atoms with Gasteiger partial charge in [0.2, 0.25) is 0 Å². The summed E-state index contributed by atoms with van der Waals surface area (Å²) in [7, 11) is 2.14. The lowest BCUT2D eigenvalue weighted by molar-refractivity contribution is -0.123. The number of nitrogens with one attached hydrogen (secondary N) is 1. The van der Waals surface area contributed by atoms with E-state index >= 15 is 0 Å². The summed E-state index contributed by atoms with van der Waals surface area (Å²) < 4.78 is 7.38. The Morgan fingerprint density at radius 3 is 2.89 bits per heavy atom. The normalized spacial score (nSPS) is 17.1. The van der Waals surface area contributed by atoms with E-state index in [0.29, 0.717) is 24.8 Å². The maximum Gasteiger partial charge on any atom is 0.258 e. The van der Waals surface area contributed by atoms with E-state index < -0.39 is 0 Å². The molecule has 1 fully saturated rings. The fraction of sp³-hybridized carbons (Fsp3) is 0.381. The monoisotopic (exact) mass is 379 g/mol. The smallest absolute Gasteiger partial charge is 0.258 e. The number of benzene rings is 1. The number of carbonyl (C=O) groups is 1. The quantitative estimate of drug-likeness (QED) is 0.680. The van der Waals surface area contributed by atoms with Gasteiger partial charge in [-0.05, 0) is 44.3 Å². The Hall–Kier alpha value is -2.93. The number of amides is 1. The second kappa shape index (κ2) is 8.39. The van der Waals surface area contributed by atoms with Crippen molar-refractivity contribution in [3.05, 3.63) is 54.4 Å². The van der Waals surface area contributed by atoms with Gasteiger partial charge in [0.15, 0.2) is 12.3 Å². The molecule has 0 radical (unpaired) electrons. The Bertz CT molecular complexity index is 940. The van der Waals surface area contributed by atoms with Crippen LogP contribution in [0.1, 0.15) is 18.0 Å². The summed E-state index contributed by atoms with van der Waals surface area (Å²) in [6, 6.07) is 13.4. The number of hydrogen-bond donors (Lipinski definition) is 1. The van der Waals surface area contributed by atoms with Gasteiger partial charge in [-0.25, -0.2) is 9.67 Å². The molecule has 0 bridgehead atoms. The molecule has 0 spiro atoms. The van der Waals surface area contributed by atoms with Crippen LogP contribution < -0.4 is 10.1 Å². The van der Waals surface area contributed by atoms with Gasteiger partial charge in [-0.1, -0.05) is 18.2 Å². The van der Waals surface area contributed by atoms with Crippen LogP contribution in [0.15, 0.2) is 48.7 Å². The molecule has 0 aliphatic carbocycles. The minimum atomic E-state index is -0.147. The summed E-state index contributed by atoms with van der Waals surface area (Å²) in [5.41, 5.74) is 1.99. The molecule has 1 atom stereocenters. The Balaban J connectivity index is 1.36. The highest BCUT2D eigenvalue weighted by Crippen LogP contribution is 2.30. The van der Waals surface area contributed by atoms with Crippen LogP contribution in [0.4, 0.5) is 0 Å². The van der Waals surface area contributed by atoms with E-state index in [1.54, 1.807) is 6.20 Å². The van der Waals surface area contributed by atoms with Gasteiger partial charge in [0.1, 0.15) is 5.75 Å². The third-order valence-corrected chi connectivity index (χ3v) is 5.07. The van der Waals surface area contributed by atoms with Crippen LogP contribution in [0.25, 0.3) is 11.0 Å². The summed E-state index contributed by atoms with van der Waals surface area (Å²) >= 11 is 0. The van der Waals surface area contributed by atoms with E-state index in [1.807, 2.05) is 41.1 Å². The van der Waals surface area contributed by atoms with Crippen molar-refractivity contribution < 1.29 is 9.53 Å². The maximum atomic E-state index is 12.0. The zero-order valence-corrected chi connectivity index (χ0v) is 16.0. The summed E-state index contributed by atoms with van der Waals surface area (Å²) in [4.78, 5) is 18.9. The number of likely N-dealkylation sites (N-methyl/N-ethyl adjacent to an activating group) is 1. The summed E-state index contributed by atoms with van der Waals surface area (Å²) in [6.07, 6.45) is 2.91. The van der Waals surface area contributed by atoms with Crippen LogP contribution in [-0.4, -0.2) is 58.9 Å². The molecule has 1 saturated heterocycles. The van der Waals surface area contributed by atoms with Crippen LogP contribution in [0, 0.1) is 0 Å². The number of nitrogens with zero attached hydrogens (tertiary/aromatic N) is 4. The number of carbonyl (C=O) groups excluding carboxylic acids is 1. The molecular formula is C21H25N5O2. The molecule has 1 aromatic carbocycles. The number of aromatic nitrogens is 3. The summed E-state index contributed by atoms with van der Waals surface area (Å²) in [6.45, 7) is 3.18. The highest BCUT2D eigenvalue weighted by Gasteiger charge is 2.26. The lowest BCUT2D eigenvalue weighted by atomic mass is 10.0. The molecular weight excluding hydrogens is 354 g/mol. The zero-order valence-electron chi connectivity index (χ0n) is 16.0. The predicted molar refractivity (Wildman–Crippen MR) is 107 cm³/mol. The van der Waals surface area contributed by atoms with Crippen molar-refractivity contribution in [1.82, 2.24) is 25.0 Å². The Labute approximate surface area is 164 Å². The van der Waals surface area contributed by atoms with Gasteiger partial charge in [-0.2, -0.15) is 5.10 Å². The van der Waals surface area contributed by atoms with Crippen LogP contribution in [0.3, 0.4) is 0 Å². The molecule has 1 aliphatic rings. The van der Waals surface area contributed by atoms with E-state index in [2.05, 4.69) is 28.3 Å². The van der Waals surface area contributed by atoms with Gasteiger partial charge in [0.05, 0.1) is 12.2 Å². The number of para-hydroxylation sites is 1. The SMILES string of the molecule is CN1CC[C@@H](c2nn(CCNC(=O)COc3ccccc3)c3ncccc23)C1. The number of ether oxygens (including phenoxy) is 1. The molecule has 3 heterocycles. The average molecular weight is 379 g/mol. The standard InChI is InChI=1S/C21H25N5O2/c1-25-12-9-16(14-25)20-18-8-5-10-23-21(18)26(24-20)13-11-22-19(27)15-28-17-6-3-2-4-7-17/h2-8,10,16H,9,11-15H2,1H3,(H,22,27)/t16-/m1/s1. The largest absolute Gasteiger partial charge is 0.484 e. The second-order valence-corrected chi connectivity index (χ2v) is 7.18. The van der Waals surface area contributed by atoms with Crippen molar-refractivity contribution >= 4 is 16.9 Å². The van der Waals surface area contributed by atoms with Crippen LogP contribution >= 0.6 is 0 Å². The topological polar surface area (TPSA) is 72.3 Å². The fourth-order valence-corrected chi connectivity index (χ4v) is 3.67. The Kier molecular flexibility index (Phi) is 5.53. The molecule has 1 N–H and O–H groups in total. The van der Waals surface area contributed by atoms with Crippen molar-refractivity contribution in [3.8, 4) is 5.75 Å². The predicted octanol–water partition coefficient (Wildman–Crippen LogP) is 2.05. The van der Waals surface area contributed by atoms with E-state index in [-0.39, 0.29) is 12.5 Å². The first kappa shape index (κ1) is 18.4. The number of hydrogen-bond acceptors (Lipinski definition) is 5. The third kappa shape index (κ3) is 4.14. The molecule has 7 heteroatoms. The fourth-order valence-electron chi connectivity index (χ4n) is 3.67. The van der Waals surface area contributed by atoms with Gasteiger partial charge >= 0.3 is 0 Å². The van der Waals surface area contributed by atoms with Crippen LogP contribution in [0.2, 0.25) is 0 Å². The molecule has 3 aromatic rings. The van der Waals surface area contributed by atoms with Crippen molar-refractivity contribution in [2.75, 3.05) is 33.3 Å². The number of fused-ring (bicyclic) bond motifs is 1. The van der Waals surface area contributed by atoms with Gasteiger partial charge in [-0.15, -0.1) is 0 Å². The molecule has 146 valence electrons. The first-order valence-electron chi connectivity index (χ1n) is 9.65. The first-order valence-corrected chi connectivity index (χ1v) is 9.65. The van der Waals surface area contributed by atoms with Gasteiger partial charge in [-0.3, -0.25) is 4.79 Å². The highest BCUT2D eigenvalue weighted by atomic mass is 16.5.